The maximum atomic E-state index is 4.54. The molecule has 1 N–H and O–H groups in total. The number of rotatable bonds is 4. The van der Waals surface area contributed by atoms with Crippen LogP contribution in [0.15, 0.2) is 23.5 Å². The molecule has 0 saturated carbocycles. The van der Waals surface area contributed by atoms with Crippen LogP contribution < -0.4 is 10.2 Å². The number of anilines is 1. The maximum absolute atomic E-state index is 4.54. The normalized spacial score (nSPS) is 22.8. The van der Waals surface area contributed by atoms with Crippen LogP contribution in [0.5, 0.6) is 0 Å². The molecule has 2 saturated heterocycles. The van der Waals surface area contributed by atoms with E-state index in [1.54, 1.807) is 12.4 Å². The predicted molar refractivity (Wildman–Crippen MR) is 111 cm³/mol. The Labute approximate surface area is 163 Å². The molecule has 1 aromatic rings. The van der Waals surface area contributed by atoms with Gasteiger partial charge in [0.25, 0.3) is 0 Å². The lowest BCUT2D eigenvalue weighted by Crippen LogP contribution is -2.58. The third kappa shape index (κ3) is 5.09. The molecule has 7 heteroatoms. The fourth-order valence-electron chi connectivity index (χ4n) is 4.05. The molecule has 2 fully saturated rings. The van der Waals surface area contributed by atoms with Crippen LogP contribution in [0.1, 0.15) is 33.6 Å². The van der Waals surface area contributed by atoms with E-state index < -0.39 is 0 Å². The van der Waals surface area contributed by atoms with Gasteiger partial charge in [-0.2, -0.15) is 0 Å². The number of aromatic nitrogens is 2. The summed E-state index contributed by atoms with van der Waals surface area (Å²) in [6, 6.07) is 1.86. The third-order valence-corrected chi connectivity index (χ3v) is 5.82. The molecular weight excluding hydrogens is 338 g/mol. The SMILES string of the molecule is CN=C(NCC(C)(C)N1CCCC(C)C1)N1CCN(c2ncccn2)CC1. The molecular formula is C20H35N7. The highest BCUT2D eigenvalue weighted by Crippen LogP contribution is 2.23. The van der Waals surface area contributed by atoms with Crippen molar-refractivity contribution in [3.8, 4) is 0 Å². The van der Waals surface area contributed by atoms with Gasteiger partial charge >= 0.3 is 0 Å². The highest BCUT2D eigenvalue weighted by molar-refractivity contribution is 5.80. The monoisotopic (exact) mass is 373 g/mol. The second kappa shape index (κ2) is 8.87. The number of nitrogens with one attached hydrogen (secondary N) is 1. The van der Waals surface area contributed by atoms with E-state index in [4.69, 9.17) is 0 Å². The molecule has 0 spiro atoms. The highest BCUT2D eigenvalue weighted by atomic mass is 15.4. The number of guanidine groups is 1. The summed E-state index contributed by atoms with van der Waals surface area (Å²) >= 11 is 0. The minimum absolute atomic E-state index is 0.129. The fraction of sp³-hybridized carbons (Fsp3) is 0.750. The van der Waals surface area contributed by atoms with E-state index in [0.717, 1.165) is 50.5 Å². The van der Waals surface area contributed by atoms with Crippen molar-refractivity contribution in [3.05, 3.63) is 18.5 Å². The molecule has 2 aliphatic rings. The lowest BCUT2D eigenvalue weighted by Gasteiger charge is -2.44. The van der Waals surface area contributed by atoms with E-state index in [1.165, 1.54) is 25.9 Å². The molecule has 1 unspecified atom stereocenters. The summed E-state index contributed by atoms with van der Waals surface area (Å²) in [6.45, 7) is 14.1. The Morgan fingerprint density at radius 2 is 1.89 bits per heavy atom. The van der Waals surface area contributed by atoms with E-state index in [9.17, 15) is 0 Å². The van der Waals surface area contributed by atoms with Gasteiger partial charge in [-0.1, -0.05) is 6.92 Å². The Morgan fingerprint density at radius 3 is 2.52 bits per heavy atom. The minimum Gasteiger partial charge on any atom is -0.354 e. The van der Waals surface area contributed by atoms with Crippen LogP contribution >= 0.6 is 0 Å². The Balaban J connectivity index is 1.51. The lowest BCUT2D eigenvalue weighted by atomic mass is 9.93. The number of likely N-dealkylation sites (tertiary alicyclic amines) is 1. The van der Waals surface area contributed by atoms with Crippen molar-refractivity contribution < 1.29 is 0 Å². The van der Waals surface area contributed by atoms with Gasteiger partial charge in [0.15, 0.2) is 5.96 Å². The number of aliphatic imine (C=N–C) groups is 1. The first-order valence-electron chi connectivity index (χ1n) is 10.2. The predicted octanol–water partition coefficient (Wildman–Crippen LogP) is 1.68. The van der Waals surface area contributed by atoms with Crippen molar-refractivity contribution in [2.45, 2.75) is 39.2 Å². The van der Waals surface area contributed by atoms with E-state index >= 15 is 0 Å². The average Bonchev–Trinajstić information content (AvgIpc) is 2.69. The van der Waals surface area contributed by atoms with Gasteiger partial charge in [0, 0.05) is 64.2 Å². The minimum atomic E-state index is 0.129. The summed E-state index contributed by atoms with van der Waals surface area (Å²) in [5.74, 6) is 2.62. The van der Waals surface area contributed by atoms with Crippen molar-refractivity contribution in [2.75, 3.05) is 57.8 Å². The summed E-state index contributed by atoms with van der Waals surface area (Å²) in [7, 11) is 1.88. The van der Waals surface area contributed by atoms with E-state index in [-0.39, 0.29) is 5.54 Å². The smallest absolute Gasteiger partial charge is 0.225 e. The zero-order valence-corrected chi connectivity index (χ0v) is 17.4. The number of piperazine rings is 1. The number of nitrogens with zero attached hydrogens (tertiary/aromatic N) is 6. The summed E-state index contributed by atoms with van der Waals surface area (Å²) in [4.78, 5) is 20.5. The summed E-state index contributed by atoms with van der Waals surface area (Å²) in [5.41, 5.74) is 0.129. The Kier molecular flexibility index (Phi) is 6.52. The molecule has 150 valence electrons. The maximum Gasteiger partial charge on any atom is 0.225 e. The number of hydrogen-bond donors (Lipinski definition) is 1. The van der Waals surface area contributed by atoms with Crippen molar-refractivity contribution in [1.82, 2.24) is 25.1 Å². The van der Waals surface area contributed by atoms with Gasteiger partial charge in [-0.05, 0) is 45.2 Å². The largest absolute Gasteiger partial charge is 0.354 e. The van der Waals surface area contributed by atoms with Gasteiger partial charge < -0.3 is 15.1 Å². The molecule has 27 heavy (non-hydrogen) atoms. The fourth-order valence-corrected chi connectivity index (χ4v) is 4.05. The molecule has 3 heterocycles. The van der Waals surface area contributed by atoms with Crippen molar-refractivity contribution in [1.29, 1.82) is 0 Å². The second-order valence-electron chi connectivity index (χ2n) is 8.43. The van der Waals surface area contributed by atoms with E-state index in [2.05, 4.69) is 55.7 Å². The van der Waals surface area contributed by atoms with Gasteiger partial charge in [-0.25, -0.2) is 9.97 Å². The van der Waals surface area contributed by atoms with Crippen molar-refractivity contribution >= 4 is 11.9 Å². The summed E-state index contributed by atoms with van der Waals surface area (Å²) in [6.07, 6.45) is 6.28. The Morgan fingerprint density at radius 1 is 1.19 bits per heavy atom. The molecule has 1 aromatic heterocycles. The van der Waals surface area contributed by atoms with Crippen LogP contribution in [-0.4, -0.2) is 84.1 Å². The quantitative estimate of drug-likeness (QED) is 0.640. The molecule has 0 aromatic carbocycles. The number of piperidine rings is 1. The van der Waals surface area contributed by atoms with E-state index in [1.807, 2.05) is 13.1 Å². The van der Waals surface area contributed by atoms with Crippen molar-refractivity contribution in [3.63, 3.8) is 0 Å². The molecule has 2 aliphatic heterocycles. The first-order chi connectivity index (χ1) is 13.0. The first kappa shape index (κ1) is 19.9. The summed E-state index contributed by atoms with van der Waals surface area (Å²) in [5, 5.41) is 3.63. The van der Waals surface area contributed by atoms with Crippen molar-refractivity contribution in [2.24, 2.45) is 10.9 Å². The third-order valence-electron chi connectivity index (χ3n) is 5.82. The Hall–Kier alpha value is -1.89. The Bertz CT molecular complexity index is 608. The van der Waals surface area contributed by atoms with Gasteiger partial charge in [0.05, 0.1) is 0 Å². The van der Waals surface area contributed by atoms with Gasteiger partial charge in [0.2, 0.25) is 5.95 Å². The standard InChI is InChI=1S/C20H35N7/c1-17-7-5-10-27(15-17)20(2,3)16-24-18(21-4)25-11-13-26(14-12-25)19-22-8-6-9-23-19/h6,8-9,17H,5,7,10-16H2,1-4H3,(H,21,24). The molecule has 0 bridgehead atoms. The molecule has 0 radical (unpaired) electrons. The lowest BCUT2D eigenvalue weighted by molar-refractivity contribution is 0.0734. The topological polar surface area (TPSA) is 59.9 Å². The number of hydrogen-bond acceptors (Lipinski definition) is 5. The molecule has 0 amide bonds. The molecule has 7 nitrogen and oxygen atoms in total. The van der Waals surface area contributed by atoms with Gasteiger partial charge in [0.1, 0.15) is 0 Å². The highest BCUT2D eigenvalue weighted by Gasteiger charge is 2.31. The first-order valence-corrected chi connectivity index (χ1v) is 10.2. The van der Waals surface area contributed by atoms with Crippen LogP contribution in [0.25, 0.3) is 0 Å². The summed E-state index contributed by atoms with van der Waals surface area (Å²) < 4.78 is 0. The zero-order chi connectivity index (χ0) is 19.3. The van der Waals surface area contributed by atoms with Gasteiger partial charge in [-0.15, -0.1) is 0 Å². The second-order valence-corrected chi connectivity index (χ2v) is 8.43. The average molecular weight is 374 g/mol. The van der Waals surface area contributed by atoms with Crippen LogP contribution in [0.4, 0.5) is 5.95 Å². The van der Waals surface area contributed by atoms with Crippen LogP contribution in [0, 0.1) is 5.92 Å². The van der Waals surface area contributed by atoms with Crippen LogP contribution in [0.2, 0.25) is 0 Å². The molecule has 1 atom stereocenters. The zero-order valence-electron chi connectivity index (χ0n) is 17.4. The van der Waals surface area contributed by atoms with E-state index in [0.29, 0.717) is 0 Å². The van der Waals surface area contributed by atoms with Crippen LogP contribution in [-0.2, 0) is 0 Å². The molecule has 3 rings (SSSR count). The van der Waals surface area contributed by atoms with Gasteiger partial charge in [-0.3, -0.25) is 9.89 Å². The molecule has 0 aliphatic carbocycles. The van der Waals surface area contributed by atoms with Crippen LogP contribution in [0.3, 0.4) is 0 Å².